The van der Waals surface area contributed by atoms with Crippen LogP contribution >= 0.6 is 24.0 Å². The van der Waals surface area contributed by atoms with Crippen LogP contribution in [0.25, 0.3) is 6.08 Å². The maximum absolute atomic E-state index is 13.2. The zero-order valence-corrected chi connectivity index (χ0v) is 22.0. The van der Waals surface area contributed by atoms with Crippen LogP contribution in [0.4, 0.5) is 5.69 Å². The van der Waals surface area contributed by atoms with E-state index in [0.29, 0.717) is 33.0 Å². The number of thiocarbonyl (C=S) groups is 1. The van der Waals surface area contributed by atoms with Crippen molar-refractivity contribution in [3.63, 3.8) is 0 Å². The summed E-state index contributed by atoms with van der Waals surface area (Å²) in [6, 6.07) is 10.2. The molecule has 0 atom stereocenters. The molecule has 2 aromatic rings. The van der Waals surface area contributed by atoms with E-state index < -0.39 is 5.97 Å². The van der Waals surface area contributed by atoms with Gasteiger partial charge in [-0.1, -0.05) is 75.1 Å². The summed E-state index contributed by atoms with van der Waals surface area (Å²) in [5, 5.41) is 9.33. The monoisotopic (exact) mass is 513 g/mol. The van der Waals surface area contributed by atoms with Crippen LogP contribution in [0, 0.1) is 6.92 Å². The van der Waals surface area contributed by atoms with Crippen molar-refractivity contribution in [2.45, 2.75) is 52.4 Å². The molecule has 1 amide bonds. The number of carbonyl (C=O) groups is 2. The number of thioether (sulfide) groups is 1. The molecule has 0 unspecified atom stereocenters. The number of carboxylic acids is 1. The van der Waals surface area contributed by atoms with E-state index in [9.17, 15) is 14.7 Å². The first kappa shape index (κ1) is 26.8. The average Bonchev–Trinajstić information content (AvgIpc) is 3.11. The van der Waals surface area contributed by atoms with Crippen LogP contribution in [0.2, 0.25) is 0 Å². The predicted octanol–water partition coefficient (Wildman–Crippen LogP) is 6.85. The standard InChI is InChI=1S/C27H31NO5S2/c1-4-5-6-7-8-9-14-33-22-13-11-19(15-23(22)32-3)16-24-25(29)28(27(34)35-24)21-17-20(26(30)31)12-10-18(21)2/h10-13,15-17H,4-9,14H2,1-3H3,(H,30,31). The number of ether oxygens (including phenoxy) is 2. The summed E-state index contributed by atoms with van der Waals surface area (Å²) in [4.78, 5) is 26.4. The Labute approximate surface area is 216 Å². The fraction of sp³-hybridized carbons (Fsp3) is 0.370. The van der Waals surface area contributed by atoms with Gasteiger partial charge in [0.25, 0.3) is 5.91 Å². The summed E-state index contributed by atoms with van der Waals surface area (Å²) < 4.78 is 11.8. The highest BCUT2D eigenvalue weighted by Gasteiger charge is 2.34. The summed E-state index contributed by atoms with van der Waals surface area (Å²) in [6.45, 7) is 4.66. The number of methoxy groups -OCH3 is 1. The molecular weight excluding hydrogens is 482 g/mol. The van der Waals surface area contributed by atoms with Gasteiger partial charge in [0.15, 0.2) is 15.8 Å². The lowest BCUT2D eigenvalue weighted by Gasteiger charge is -2.17. The minimum atomic E-state index is -1.06. The maximum Gasteiger partial charge on any atom is 0.335 e. The second-order valence-corrected chi connectivity index (χ2v) is 10.0. The minimum Gasteiger partial charge on any atom is -0.493 e. The molecule has 8 heteroatoms. The number of aryl methyl sites for hydroxylation is 1. The fourth-order valence-electron chi connectivity index (χ4n) is 3.77. The Balaban J connectivity index is 1.72. The van der Waals surface area contributed by atoms with Crippen molar-refractivity contribution in [2.75, 3.05) is 18.6 Å². The van der Waals surface area contributed by atoms with Crippen molar-refractivity contribution in [1.82, 2.24) is 0 Å². The Hall–Kier alpha value is -2.84. The number of rotatable bonds is 12. The summed E-state index contributed by atoms with van der Waals surface area (Å²) in [7, 11) is 1.59. The molecule has 1 aliphatic heterocycles. The molecule has 1 fully saturated rings. The summed E-state index contributed by atoms with van der Waals surface area (Å²) in [5.41, 5.74) is 2.13. The van der Waals surface area contributed by atoms with Crippen LogP contribution in [-0.4, -0.2) is 35.0 Å². The van der Waals surface area contributed by atoms with Gasteiger partial charge in [0.2, 0.25) is 0 Å². The highest BCUT2D eigenvalue weighted by molar-refractivity contribution is 8.27. The molecule has 0 saturated carbocycles. The maximum atomic E-state index is 13.2. The van der Waals surface area contributed by atoms with E-state index in [4.69, 9.17) is 21.7 Å². The lowest BCUT2D eigenvalue weighted by atomic mass is 10.1. The van der Waals surface area contributed by atoms with Gasteiger partial charge in [0.1, 0.15) is 0 Å². The van der Waals surface area contributed by atoms with Crippen LogP contribution in [0.1, 0.15) is 66.9 Å². The van der Waals surface area contributed by atoms with Crippen molar-refractivity contribution in [2.24, 2.45) is 0 Å². The van der Waals surface area contributed by atoms with E-state index >= 15 is 0 Å². The van der Waals surface area contributed by atoms with Crippen LogP contribution in [0.15, 0.2) is 41.3 Å². The van der Waals surface area contributed by atoms with Crippen molar-refractivity contribution in [3.8, 4) is 11.5 Å². The Bertz CT molecular complexity index is 1130. The number of carboxylic acid groups (broad SMARTS) is 1. The second kappa shape index (κ2) is 12.7. The van der Waals surface area contributed by atoms with Crippen molar-refractivity contribution >= 4 is 51.9 Å². The molecule has 186 valence electrons. The lowest BCUT2D eigenvalue weighted by molar-refractivity contribution is -0.113. The number of amides is 1. The normalized spacial score (nSPS) is 14.6. The number of unbranched alkanes of at least 4 members (excludes halogenated alkanes) is 5. The zero-order valence-electron chi connectivity index (χ0n) is 20.3. The van der Waals surface area contributed by atoms with Crippen LogP contribution in [-0.2, 0) is 4.79 Å². The van der Waals surface area contributed by atoms with Gasteiger partial charge in [-0.15, -0.1) is 0 Å². The molecule has 35 heavy (non-hydrogen) atoms. The number of carbonyl (C=O) groups excluding carboxylic acids is 1. The molecule has 1 saturated heterocycles. The fourth-order valence-corrected chi connectivity index (χ4v) is 5.05. The number of aromatic carboxylic acids is 1. The number of anilines is 1. The third-order valence-corrected chi connectivity index (χ3v) is 7.03. The van der Waals surface area contributed by atoms with Gasteiger partial charge >= 0.3 is 5.97 Å². The van der Waals surface area contributed by atoms with Crippen LogP contribution in [0.3, 0.4) is 0 Å². The van der Waals surface area contributed by atoms with Crippen molar-refractivity contribution < 1.29 is 24.2 Å². The van der Waals surface area contributed by atoms with Gasteiger partial charge in [-0.25, -0.2) is 4.79 Å². The third-order valence-electron chi connectivity index (χ3n) is 5.73. The predicted molar refractivity (Wildman–Crippen MR) is 146 cm³/mol. The molecule has 6 nitrogen and oxygen atoms in total. The van der Waals surface area contributed by atoms with Gasteiger partial charge < -0.3 is 14.6 Å². The molecule has 2 aromatic carbocycles. The Morgan fingerprint density at radius 1 is 1.09 bits per heavy atom. The van der Waals surface area contributed by atoms with Crippen LogP contribution < -0.4 is 14.4 Å². The molecular formula is C27H31NO5S2. The molecule has 0 aromatic heterocycles. The minimum absolute atomic E-state index is 0.102. The van der Waals surface area contributed by atoms with Gasteiger partial charge in [0, 0.05) is 0 Å². The first-order valence-corrected chi connectivity index (χ1v) is 13.0. The van der Waals surface area contributed by atoms with Gasteiger partial charge in [-0.3, -0.25) is 9.69 Å². The SMILES string of the molecule is CCCCCCCCOc1ccc(C=C2SC(=S)N(c3cc(C(=O)O)ccc3C)C2=O)cc1OC. The van der Waals surface area contributed by atoms with E-state index in [1.165, 1.54) is 54.5 Å². The molecule has 0 aliphatic carbocycles. The van der Waals surface area contributed by atoms with E-state index in [1.807, 2.05) is 25.1 Å². The Morgan fingerprint density at radius 2 is 1.83 bits per heavy atom. The third kappa shape index (κ3) is 6.86. The van der Waals surface area contributed by atoms with Gasteiger partial charge in [0.05, 0.1) is 29.9 Å². The van der Waals surface area contributed by atoms with Gasteiger partial charge in [-0.05, 0) is 54.8 Å². The van der Waals surface area contributed by atoms with Gasteiger partial charge in [-0.2, -0.15) is 0 Å². The second-order valence-electron chi connectivity index (χ2n) is 8.35. The number of benzene rings is 2. The van der Waals surface area contributed by atoms with E-state index in [0.717, 1.165) is 24.0 Å². The smallest absolute Gasteiger partial charge is 0.335 e. The number of hydrogen-bond donors (Lipinski definition) is 1. The van der Waals surface area contributed by atoms with Crippen molar-refractivity contribution in [1.29, 1.82) is 0 Å². The molecule has 0 bridgehead atoms. The molecule has 1 aliphatic rings. The van der Waals surface area contributed by atoms with Crippen LogP contribution in [0.5, 0.6) is 11.5 Å². The molecule has 1 heterocycles. The average molecular weight is 514 g/mol. The summed E-state index contributed by atoms with van der Waals surface area (Å²) in [5.74, 6) is -0.0665. The molecule has 3 rings (SSSR count). The first-order valence-electron chi connectivity index (χ1n) is 11.8. The molecule has 1 N–H and O–H groups in total. The first-order chi connectivity index (χ1) is 16.8. The number of nitrogens with zero attached hydrogens (tertiary/aromatic N) is 1. The summed E-state index contributed by atoms with van der Waals surface area (Å²) in [6.07, 6.45) is 8.92. The lowest BCUT2D eigenvalue weighted by Crippen LogP contribution is -2.28. The Kier molecular flexibility index (Phi) is 9.74. The van der Waals surface area contributed by atoms with E-state index in [1.54, 1.807) is 19.3 Å². The largest absolute Gasteiger partial charge is 0.493 e. The quantitative estimate of drug-likeness (QED) is 0.189. The van der Waals surface area contributed by atoms with E-state index in [-0.39, 0.29) is 11.5 Å². The Morgan fingerprint density at radius 3 is 2.54 bits per heavy atom. The van der Waals surface area contributed by atoms with Crippen molar-refractivity contribution in [3.05, 3.63) is 58.0 Å². The highest BCUT2D eigenvalue weighted by Crippen LogP contribution is 2.38. The summed E-state index contributed by atoms with van der Waals surface area (Å²) >= 11 is 6.64. The molecule has 0 radical (unpaired) electrons. The highest BCUT2D eigenvalue weighted by atomic mass is 32.2. The number of hydrogen-bond acceptors (Lipinski definition) is 6. The zero-order chi connectivity index (χ0) is 25.4. The molecule has 0 spiro atoms. The van der Waals surface area contributed by atoms with E-state index in [2.05, 4.69) is 6.92 Å². The topological polar surface area (TPSA) is 76.1 Å².